The van der Waals surface area contributed by atoms with E-state index in [0.717, 1.165) is 17.9 Å². The van der Waals surface area contributed by atoms with Gasteiger partial charge in [-0.15, -0.1) is 0 Å². The van der Waals surface area contributed by atoms with Crippen molar-refractivity contribution >= 4 is 11.6 Å². The molecule has 0 aromatic carbocycles. The molecule has 2 rings (SSSR count). The number of aryl methyl sites for hydroxylation is 1. The number of nitrogens with zero attached hydrogens (tertiary/aromatic N) is 2. The fourth-order valence-corrected chi connectivity index (χ4v) is 1.72. The van der Waals surface area contributed by atoms with Crippen LogP contribution in [0.4, 0.5) is 0 Å². The Hall–Kier alpha value is -1.35. The lowest BCUT2D eigenvalue weighted by atomic mass is 10.1. The van der Waals surface area contributed by atoms with Gasteiger partial charge in [-0.1, -0.05) is 32.4 Å². The van der Waals surface area contributed by atoms with Crippen LogP contribution in [0.1, 0.15) is 38.1 Å². The summed E-state index contributed by atoms with van der Waals surface area (Å²) >= 11 is 5.99. The zero-order valence-electron chi connectivity index (χ0n) is 10.2. The van der Waals surface area contributed by atoms with Crippen molar-refractivity contribution in [1.82, 2.24) is 9.97 Å². The zero-order valence-corrected chi connectivity index (χ0v) is 11.0. The van der Waals surface area contributed by atoms with Gasteiger partial charge in [0.05, 0.1) is 0 Å². The van der Waals surface area contributed by atoms with Crippen molar-refractivity contribution < 1.29 is 4.42 Å². The van der Waals surface area contributed by atoms with E-state index in [2.05, 4.69) is 23.8 Å². The second-order valence-corrected chi connectivity index (χ2v) is 4.60. The highest BCUT2D eigenvalue weighted by Crippen LogP contribution is 2.23. The maximum atomic E-state index is 5.99. The van der Waals surface area contributed by atoms with Gasteiger partial charge in [-0.05, 0) is 24.1 Å². The molecule has 0 fully saturated rings. The molecule has 0 aliphatic rings. The third kappa shape index (κ3) is 2.67. The highest BCUT2D eigenvalue weighted by Gasteiger charge is 2.11. The van der Waals surface area contributed by atoms with E-state index in [1.54, 1.807) is 6.07 Å². The van der Waals surface area contributed by atoms with E-state index in [9.17, 15) is 0 Å². The molecule has 0 atom stereocenters. The van der Waals surface area contributed by atoms with E-state index in [1.807, 2.05) is 19.1 Å². The van der Waals surface area contributed by atoms with E-state index < -0.39 is 0 Å². The Morgan fingerprint density at radius 1 is 1.29 bits per heavy atom. The van der Waals surface area contributed by atoms with Crippen LogP contribution < -0.4 is 0 Å². The van der Waals surface area contributed by atoms with Gasteiger partial charge in [0.2, 0.25) is 0 Å². The molecule has 0 spiro atoms. The molecular weight excluding hydrogens is 236 g/mol. The van der Waals surface area contributed by atoms with Crippen LogP contribution in [0.15, 0.2) is 22.6 Å². The SMILES string of the molecule is CCc1ccc(-c2nc(Cl)cc(C(C)C)n2)o1. The molecule has 2 aromatic rings. The number of hydrogen-bond donors (Lipinski definition) is 0. The van der Waals surface area contributed by atoms with Crippen molar-refractivity contribution in [2.24, 2.45) is 0 Å². The lowest BCUT2D eigenvalue weighted by molar-refractivity contribution is 0.525. The normalized spacial score (nSPS) is 11.1. The van der Waals surface area contributed by atoms with Gasteiger partial charge in [0.25, 0.3) is 0 Å². The molecule has 4 heteroatoms. The van der Waals surface area contributed by atoms with Gasteiger partial charge in [0, 0.05) is 12.1 Å². The molecule has 2 heterocycles. The molecule has 90 valence electrons. The first-order valence-corrected chi connectivity index (χ1v) is 6.11. The maximum absolute atomic E-state index is 5.99. The molecule has 0 N–H and O–H groups in total. The maximum Gasteiger partial charge on any atom is 0.197 e. The summed E-state index contributed by atoms with van der Waals surface area (Å²) < 4.78 is 5.62. The Labute approximate surface area is 106 Å². The third-order valence-electron chi connectivity index (χ3n) is 2.54. The van der Waals surface area contributed by atoms with Gasteiger partial charge in [-0.2, -0.15) is 0 Å². The summed E-state index contributed by atoms with van der Waals surface area (Å²) in [6, 6.07) is 5.61. The molecular formula is C13H15ClN2O. The second-order valence-electron chi connectivity index (χ2n) is 4.21. The molecule has 0 saturated carbocycles. The summed E-state index contributed by atoms with van der Waals surface area (Å²) in [6.45, 7) is 6.19. The Morgan fingerprint density at radius 3 is 2.65 bits per heavy atom. The monoisotopic (exact) mass is 250 g/mol. The van der Waals surface area contributed by atoms with Crippen molar-refractivity contribution in [2.75, 3.05) is 0 Å². The summed E-state index contributed by atoms with van der Waals surface area (Å²) in [5.74, 6) is 2.47. The molecule has 2 aromatic heterocycles. The average molecular weight is 251 g/mol. The van der Waals surface area contributed by atoms with E-state index >= 15 is 0 Å². The fraction of sp³-hybridized carbons (Fsp3) is 0.385. The molecule has 0 bridgehead atoms. The first-order valence-electron chi connectivity index (χ1n) is 5.73. The first kappa shape index (κ1) is 12.1. The Kier molecular flexibility index (Phi) is 3.48. The number of hydrogen-bond acceptors (Lipinski definition) is 3. The lowest BCUT2D eigenvalue weighted by Crippen LogP contribution is -1.97. The highest BCUT2D eigenvalue weighted by molar-refractivity contribution is 6.29. The largest absolute Gasteiger partial charge is 0.458 e. The molecule has 17 heavy (non-hydrogen) atoms. The van der Waals surface area contributed by atoms with Crippen LogP contribution in [-0.2, 0) is 6.42 Å². The Morgan fingerprint density at radius 2 is 2.06 bits per heavy atom. The first-order chi connectivity index (χ1) is 8.10. The smallest absolute Gasteiger partial charge is 0.197 e. The second kappa shape index (κ2) is 4.88. The van der Waals surface area contributed by atoms with Gasteiger partial charge in [-0.25, -0.2) is 9.97 Å². The van der Waals surface area contributed by atoms with Gasteiger partial charge in [0.15, 0.2) is 11.6 Å². The molecule has 0 saturated heterocycles. The third-order valence-corrected chi connectivity index (χ3v) is 2.73. The number of aromatic nitrogens is 2. The summed E-state index contributed by atoms with van der Waals surface area (Å²) in [5, 5.41) is 0.452. The van der Waals surface area contributed by atoms with E-state index in [-0.39, 0.29) is 0 Å². The quantitative estimate of drug-likeness (QED) is 0.771. The average Bonchev–Trinajstić information content (AvgIpc) is 2.76. The molecule has 0 aliphatic carbocycles. The number of rotatable bonds is 3. The molecule has 0 radical (unpaired) electrons. The van der Waals surface area contributed by atoms with Crippen LogP contribution in [-0.4, -0.2) is 9.97 Å². The minimum Gasteiger partial charge on any atom is -0.458 e. The zero-order chi connectivity index (χ0) is 12.4. The van der Waals surface area contributed by atoms with E-state index in [0.29, 0.717) is 22.7 Å². The Balaban J connectivity index is 2.44. The summed E-state index contributed by atoms with van der Waals surface area (Å²) in [6.07, 6.45) is 0.859. The predicted molar refractivity (Wildman–Crippen MR) is 68.2 cm³/mol. The van der Waals surface area contributed by atoms with Gasteiger partial charge >= 0.3 is 0 Å². The standard InChI is InChI=1S/C13H15ClN2O/c1-4-9-5-6-11(17-9)13-15-10(8(2)3)7-12(14)16-13/h5-8H,4H2,1-3H3. The molecule has 3 nitrogen and oxygen atoms in total. The van der Waals surface area contributed by atoms with Crippen LogP contribution in [0.25, 0.3) is 11.6 Å². The van der Waals surface area contributed by atoms with Crippen LogP contribution in [0, 0.1) is 0 Å². The molecule has 0 aliphatic heterocycles. The predicted octanol–water partition coefficient (Wildman–Crippen LogP) is 4.08. The van der Waals surface area contributed by atoms with Gasteiger partial charge < -0.3 is 4.42 Å². The summed E-state index contributed by atoms with van der Waals surface area (Å²) in [5.41, 5.74) is 0.925. The molecule has 0 unspecified atom stereocenters. The Bertz CT molecular complexity index is 520. The van der Waals surface area contributed by atoms with Crippen molar-refractivity contribution in [3.8, 4) is 11.6 Å². The van der Waals surface area contributed by atoms with Crippen LogP contribution >= 0.6 is 11.6 Å². The summed E-state index contributed by atoms with van der Waals surface area (Å²) in [7, 11) is 0. The fourth-order valence-electron chi connectivity index (χ4n) is 1.53. The van der Waals surface area contributed by atoms with Crippen molar-refractivity contribution in [3.05, 3.63) is 34.8 Å². The highest BCUT2D eigenvalue weighted by atomic mass is 35.5. The van der Waals surface area contributed by atoms with E-state index in [4.69, 9.17) is 16.0 Å². The van der Waals surface area contributed by atoms with Gasteiger partial charge in [0.1, 0.15) is 10.9 Å². The van der Waals surface area contributed by atoms with Crippen molar-refractivity contribution in [3.63, 3.8) is 0 Å². The summed E-state index contributed by atoms with van der Waals surface area (Å²) in [4.78, 5) is 8.66. The van der Waals surface area contributed by atoms with Crippen LogP contribution in [0.3, 0.4) is 0 Å². The van der Waals surface area contributed by atoms with Crippen LogP contribution in [0.5, 0.6) is 0 Å². The number of furan rings is 1. The minimum atomic E-state index is 0.315. The van der Waals surface area contributed by atoms with Crippen LogP contribution in [0.2, 0.25) is 5.15 Å². The minimum absolute atomic E-state index is 0.315. The van der Waals surface area contributed by atoms with Crippen molar-refractivity contribution in [1.29, 1.82) is 0 Å². The number of halogens is 1. The lowest BCUT2D eigenvalue weighted by Gasteiger charge is -2.06. The van der Waals surface area contributed by atoms with Gasteiger partial charge in [-0.3, -0.25) is 0 Å². The van der Waals surface area contributed by atoms with E-state index in [1.165, 1.54) is 0 Å². The van der Waals surface area contributed by atoms with Crippen molar-refractivity contribution in [2.45, 2.75) is 33.1 Å². The topological polar surface area (TPSA) is 38.9 Å². The molecule has 0 amide bonds.